The van der Waals surface area contributed by atoms with E-state index in [1.165, 1.54) is 7.11 Å². The van der Waals surface area contributed by atoms with E-state index in [4.69, 9.17) is 9.47 Å². The first-order valence-corrected chi connectivity index (χ1v) is 7.12. The Labute approximate surface area is 130 Å². The summed E-state index contributed by atoms with van der Waals surface area (Å²) >= 11 is 3.23. The van der Waals surface area contributed by atoms with Crippen LogP contribution in [0.5, 0.6) is 11.5 Å². The molecule has 0 bridgehead atoms. The number of nitrogens with one attached hydrogen (secondary N) is 1. The van der Waals surface area contributed by atoms with Crippen LogP contribution in [0, 0.1) is 0 Å². The number of hydrogen-bond acceptors (Lipinski definition) is 3. The Balaban J connectivity index is 2.92. The third-order valence-electron chi connectivity index (χ3n) is 2.49. The summed E-state index contributed by atoms with van der Waals surface area (Å²) in [6.45, 7) is 5.29. The van der Waals surface area contributed by atoms with Crippen molar-refractivity contribution in [1.82, 2.24) is 5.32 Å². The van der Waals surface area contributed by atoms with Gasteiger partial charge in [0.05, 0.1) is 11.6 Å². The second-order valence-corrected chi connectivity index (χ2v) is 6.47. The highest BCUT2D eigenvalue weighted by Gasteiger charge is 2.29. The maximum atomic E-state index is 12.2. The maximum Gasteiger partial charge on any atom is 0.422 e. The van der Waals surface area contributed by atoms with Crippen molar-refractivity contribution in [2.24, 2.45) is 0 Å². The Hall–Kier alpha value is -0.950. The Morgan fingerprint density at radius 1 is 1.19 bits per heavy atom. The number of ether oxygens (including phenoxy) is 2. The quantitative estimate of drug-likeness (QED) is 0.839. The van der Waals surface area contributed by atoms with E-state index >= 15 is 0 Å². The molecule has 7 heteroatoms. The van der Waals surface area contributed by atoms with Crippen LogP contribution in [-0.4, -0.2) is 25.4 Å². The summed E-state index contributed by atoms with van der Waals surface area (Å²) in [5.74, 6) is 0.314. The first-order valence-electron chi connectivity index (χ1n) is 6.33. The van der Waals surface area contributed by atoms with E-state index < -0.39 is 12.8 Å². The Morgan fingerprint density at radius 3 is 2.29 bits per heavy atom. The minimum absolute atomic E-state index is 0.0503. The van der Waals surface area contributed by atoms with E-state index in [-0.39, 0.29) is 17.0 Å². The molecule has 0 heterocycles. The molecule has 0 amide bonds. The van der Waals surface area contributed by atoms with Crippen LogP contribution >= 0.6 is 15.9 Å². The van der Waals surface area contributed by atoms with Gasteiger partial charge in [0.15, 0.2) is 18.1 Å². The molecule has 1 rings (SSSR count). The summed E-state index contributed by atoms with van der Waals surface area (Å²) in [5.41, 5.74) is 0.818. The Morgan fingerprint density at radius 2 is 1.81 bits per heavy atom. The van der Waals surface area contributed by atoms with Crippen molar-refractivity contribution < 1.29 is 22.6 Å². The van der Waals surface area contributed by atoms with Gasteiger partial charge in [0.1, 0.15) is 0 Å². The maximum absolute atomic E-state index is 12.2. The second-order valence-electron chi connectivity index (χ2n) is 5.62. The van der Waals surface area contributed by atoms with Crippen LogP contribution in [0.3, 0.4) is 0 Å². The lowest BCUT2D eigenvalue weighted by molar-refractivity contribution is -0.153. The van der Waals surface area contributed by atoms with Gasteiger partial charge in [-0.25, -0.2) is 0 Å². The molecule has 0 fully saturated rings. The average molecular weight is 370 g/mol. The molecule has 0 unspecified atom stereocenters. The molecule has 21 heavy (non-hydrogen) atoms. The average Bonchev–Trinajstić information content (AvgIpc) is 2.32. The molecule has 3 nitrogen and oxygen atoms in total. The summed E-state index contributed by atoms with van der Waals surface area (Å²) in [6.07, 6.45) is -4.39. The fourth-order valence-corrected chi connectivity index (χ4v) is 2.14. The third kappa shape index (κ3) is 6.56. The number of rotatable bonds is 5. The largest absolute Gasteiger partial charge is 0.493 e. The third-order valence-corrected chi connectivity index (χ3v) is 3.08. The molecule has 0 aliphatic carbocycles. The highest BCUT2D eigenvalue weighted by molar-refractivity contribution is 9.10. The van der Waals surface area contributed by atoms with Crippen LogP contribution in [0.15, 0.2) is 16.6 Å². The van der Waals surface area contributed by atoms with Crippen LogP contribution < -0.4 is 14.8 Å². The Kier molecular flexibility index (Phi) is 5.92. The van der Waals surface area contributed by atoms with E-state index in [1.54, 1.807) is 12.1 Å². The zero-order chi connectivity index (χ0) is 16.3. The predicted molar refractivity (Wildman–Crippen MR) is 78.8 cm³/mol. The molecule has 0 aromatic heterocycles. The Bertz CT molecular complexity index is 484. The van der Waals surface area contributed by atoms with Gasteiger partial charge < -0.3 is 14.8 Å². The first-order chi connectivity index (χ1) is 9.52. The van der Waals surface area contributed by atoms with E-state index in [2.05, 4.69) is 21.2 Å². The lowest BCUT2D eigenvalue weighted by atomic mass is 10.1. The fraction of sp³-hybridized carbons (Fsp3) is 0.571. The van der Waals surface area contributed by atoms with Gasteiger partial charge in [0.25, 0.3) is 0 Å². The summed E-state index contributed by atoms with van der Waals surface area (Å²) < 4.78 is 47.1. The molecule has 0 aliphatic rings. The molecule has 1 aromatic carbocycles. The number of methoxy groups -OCH3 is 1. The molecule has 1 aromatic rings. The zero-order valence-electron chi connectivity index (χ0n) is 12.4. The predicted octanol–water partition coefficient (Wildman–Crippen LogP) is 4.29. The van der Waals surface area contributed by atoms with Gasteiger partial charge in [0.2, 0.25) is 0 Å². The van der Waals surface area contributed by atoms with Crippen molar-refractivity contribution in [3.05, 3.63) is 22.2 Å². The van der Waals surface area contributed by atoms with Gasteiger partial charge in [0, 0.05) is 12.1 Å². The smallest absolute Gasteiger partial charge is 0.422 e. The minimum atomic E-state index is -4.39. The number of hydrogen-bond donors (Lipinski definition) is 1. The molecule has 1 N–H and O–H groups in total. The molecular formula is C14H19BrF3NO2. The minimum Gasteiger partial charge on any atom is -0.493 e. The van der Waals surface area contributed by atoms with Crippen LogP contribution in [-0.2, 0) is 6.54 Å². The number of halogens is 4. The molecule has 120 valence electrons. The van der Waals surface area contributed by atoms with Crippen molar-refractivity contribution >= 4 is 15.9 Å². The van der Waals surface area contributed by atoms with Gasteiger partial charge in [-0.3, -0.25) is 0 Å². The van der Waals surface area contributed by atoms with Crippen LogP contribution in [0.25, 0.3) is 0 Å². The van der Waals surface area contributed by atoms with Crippen LogP contribution in [0.1, 0.15) is 26.3 Å². The first kappa shape index (κ1) is 18.1. The second kappa shape index (κ2) is 6.87. The van der Waals surface area contributed by atoms with Crippen molar-refractivity contribution in [2.45, 2.75) is 39.0 Å². The number of benzene rings is 1. The van der Waals surface area contributed by atoms with E-state index in [0.29, 0.717) is 11.0 Å². The lowest BCUT2D eigenvalue weighted by Gasteiger charge is -2.21. The van der Waals surface area contributed by atoms with Gasteiger partial charge in [-0.1, -0.05) is 0 Å². The zero-order valence-corrected chi connectivity index (χ0v) is 14.0. The molecule has 0 atom stereocenters. The summed E-state index contributed by atoms with van der Waals surface area (Å²) in [7, 11) is 1.39. The molecule has 0 saturated carbocycles. The molecular weight excluding hydrogens is 351 g/mol. The van der Waals surface area contributed by atoms with Crippen LogP contribution in [0.4, 0.5) is 13.2 Å². The molecule has 0 radical (unpaired) electrons. The molecule has 0 saturated heterocycles. The van der Waals surface area contributed by atoms with Crippen LogP contribution in [0.2, 0.25) is 0 Å². The monoisotopic (exact) mass is 369 g/mol. The molecule has 0 spiro atoms. The standard InChI is InChI=1S/C14H19BrF3NO2/c1-13(2,3)19-7-9-5-10(15)12(11(6-9)20-4)21-8-14(16,17)18/h5-6,19H,7-8H2,1-4H3. The highest BCUT2D eigenvalue weighted by atomic mass is 79.9. The van der Waals surface area contributed by atoms with Crippen molar-refractivity contribution in [1.29, 1.82) is 0 Å². The van der Waals surface area contributed by atoms with Crippen molar-refractivity contribution in [3.8, 4) is 11.5 Å². The highest BCUT2D eigenvalue weighted by Crippen LogP contribution is 2.37. The van der Waals surface area contributed by atoms with E-state index in [9.17, 15) is 13.2 Å². The van der Waals surface area contributed by atoms with Gasteiger partial charge in [-0.05, 0) is 54.4 Å². The van der Waals surface area contributed by atoms with E-state index in [0.717, 1.165) is 5.56 Å². The summed E-state index contributed by atoms with van der Waals surface area (Å²) in [4.78, 5) is 0. The topological polar surface area (TPSA) is 30.5 Å². The lowest BCUT2D eigenvalue weighted by Crippen LogP contribution is -2.35. The summed E-state index contributed by atoms with van der Waals surface area (Å²) in [5, 5.41) is 3.30. The van der Waals surface area contributed by atoms with Gasteiger partial charge >= 0.3 is 6.18 Å². The van der Waals surface area contributed by atoms with E-state index in [1.807, 2.05) is 20.8 Å². The normalized spacial score (nSPS) is 12.4. The molecule has 0 aliphatic heterocycles. The van der Waals surface area contributed by atoms with Crippen molar-refractivity contribution in [2.75, 3.05) is 13.7 Å². The van der Waals surface area contributed by atoms with Gasteiger partial charge in [-0.2, -0.15) is 13.2 Å². The SMILES string of the molecule is COc1cc(CNC(C)(C)C)cc(Br)c1OCC(F)(F)F. The summed E-state index contributed by atoms with van der Waals surface area (Å²) in [6, 6.07) is 3.38. The van der Waals surface area contributed by atoms with Crippen molar-refractivity contribution in [3.63, 3.8) is 0 Å². The number of alkyl halides is 3. The fourth-order valence-electron chi connectivity index (χ4n) is 1.54. The van der Waals surface area contributed by atoms with Gasteiger partial charge in [-0.15, -0.1) is 0 Å².